The number of hydrogen-bond donors (Lipinski definition) is 2. The summed E-state index contributed by atoms with van der Waals surface area (Å²) >= 11 is 0. The van der Waals surface area contributed by atoms with Gasteiger partial charge in [-0.3, -0.25) is 4.79 Å². The van der Waals surface area contributed by atoms with E-state index in [0.717, 1.165) is 6.54 Å². The summed E-state index contributed by atoms with van der Waals surface area (Å²) in [5.74, 6) is 1.26. The number of carbonyl (C=O) groups is 1. The first kappa shape index (κ1) is 15.9. The molecule has 0 unspecified atom stereocenters. The van der Waals surface area contributed by atoms with E-state index in [2.05, 4.69) is 25.8 Å². The highest BCUT2D eigenvalue weighted by molar-refractivity contribution is 5.92. The molecule has 118 valence electrons. The van der Waals surface area contributed by atoms with Gasteiger partial charge >= 0.3 is 0 Å². The van der Waals surface area contributed by atoms with Crippen LogP contribution in [0.5, 0.6) is 0 Å². The molecule has 8 nitrogen and oxygen atoms in total. The van der Waals surface area contributed by atoms with Crippen molar-refractivity contribution in [1.82, 2.24) is 25.3 Å². The van der Waals surface area contributed by atoms with Crippen molar-refractivity contribution >= 4 is 17.7 Å². The molecule has 2 N–H and O–H groups in total. The average Bonchev–Trinajstić information content (AvgIpc) is 2.82. The molecule has 0 bridgehead atoms. The monoisotopic (exact) mass is 304 g/mol. The molecule has 2 aromatic rings. The van der Waals surface area contributed by atoms with E-state index in [0.29, 0.717) is 35.5 Å². The number of amides is 1. The zero-order valence-corrected chi connectivity index (χ0v) is 13.2. The summed E-state index contributed by atoms with van der Waals surface area (Å²) in [7, 11) is 3.89. The highest BCUT2D eigenvalue weighted by atomic mass is 16.5. The zero-order valence-electron chi connectivity index (χ0n) is 13.2. The number of aromatic nitrogens is 3. The molecule has 0 saturated carbocycles. The maximum Gasteiger partial charge on any atom is 0.270 e. The van der Waals surface area contributed by atoms with Gasteiger partial charge in [0.2, 0.25) is 5.95 Å². The number of carbonyl (C=O) groups excluding carboxylic acids is 1. The molecule has 22 heavy (non-hydrogen) atoms. The summed E-state index contributed by atoms with van der Waals surface area (Å²) < 4.78 is 4.97. The third kappa shape index (κ3) is 4.52. The van der Waals surface area contributed by atoms with Gasteiger partial charge in [0.15, 0.2) is 5.82 Å². The maximum atomic E-state index is 12.1. The first-order chi connectivity index (χ1) is 10.4. The predicted octanol–water partition coefficient (Wildman–Crippen LogP) is 1.12. The van der Waals surface area contributed by atoms with Crippen molar-refractivity contribution in [3.05, 3.63) is 29.3 Å². The Morgan fingerprint density at radius 1 is 1.27 bits per heavy atom. The number of likely N-dealkylation sites (N-methyl/N-ethyl adjacent to an activating group) is 1. The lowest BCUT2D eigenvalue weighted by atomic mass is 10.3. The lowest BCUT2D eigenvalue weighted by Crippen LogP contribution is -2.32. The lowest BCUT2D eigenvalue weighted by molar-refractivity contribution is 0.0946. The highest BCUT2D eigenvalue weighted by Crippen LogP contribution is 2.13. The quantitative estimate of drug-likeness (QED) is 0.825. The van der Waals surface area contributed by atoms with Crippen molar-refractivity contribution < 1.29 is 9.32 Å². The highest BCUT2D eigenvalue weighted by Gasteiger charge is 2.11. The Morgan fingerprint density at radius 3 is 2.68 bits per heavy atom. The Labute approximate surface area is 128 Å². The van der Waals surface area contributed by atoms with Crippen LogP contribution in [-0.2, 0) is 0 Å². The Balaban J connectivity index is 2.07. The predicted molar refractivity (Wildman–Crippen MR) is 82.2 cm³/mol. The fraction of sp³-hybridized carbons (Fsp3) is 0.429. The Morgan fingerprint density at radius 2 is 2.05 bits per heavy atom. The Hall–Kier alpha value is -2.48. The van der Waals surface area contributed by atoms with Gasteiger partial charge < -0.3 is 20.1 Å². The topological polar surface area (TPSA) is 96.2 Å². The summed E-state index contributed by atoms with van der Waals surface area (Å²) in [5, 5.41) is 9.55. The van der Waals surface area contributed by atoms with Crippen LogP contribution in [0.15, 0.2) is 16.7 Å². The number of nitrogens with zero attached hydrogens (tertiary/aromatic N) is 4. The van der Waals surface area contributed by atoms with Crippen LogP contribution < -0.4 is 10.6 Å². The fourth-order valence-electron chi connectivity index (χ4n) is 1.76. The van der Waals surface area contributed by atoms with Gasteiger partial charge in [-0.15, -0.1) is 0 Å². The first-order valence-corrected chi connectivity index (χ1v) is 6.93. The molecular formula is C14H20N6O2. The van der Waals surface area contributed by atoms with E-state index >= 15 is 0 Å². The molecule has 0 aromatic carbocycles. The number of anilines is 2. The standard InChI is InChI=1S/C14H20N6O2/c1-9-7-11(13(21)15-5-6-20(3)4)17-14(16-9)18-12-8-10(2)22-19-12/h7-8H,5-6H2,1-4H3,(H,15,21)(H,16,17,18,19). The van der Waals surface area contributed by atoms with E-state index < -0.39 is 0 Å². The van der Waals surface area contributed by atoms with E-state index in [-0.39, 0.29) is 5.91 Å². The largest absolute Gasteiger partial charge is 0.360 e. The molecule has 2 rings (SSSR count). The summed E-state index contributed by atoms with van der Waals surface area (Å²) in [4.78, 5) is 22.5. The summed E-state index contributed by atoms with van der Waals surface area (Å²) in [6.45, 7) is 4.91. The van der Waals surface area contributed by atoms with Gasteiger partial charge in [0.05, 0.1) is 0 Å². The van der Waals surface area contributed by atoms with Crippen LogP contribution >= 0.6 is 0 Å². The van der Waals surface area contributed by atoms with E-state index in [9.17, 15) is 4.79 Å². The average molecular weight is 304 g/mol. The maximum absolute atomic E-state index is 12.1. The third-order valence-corrected chi connectivity index (χ3v) is 2.80. The molecule has 2 aromatic heterocycles. The molecule has 0 aliphatic carbocycles. The van der Waals surface area contributed by atoms with Gasteiger partial charge in [-0.25, -0.2) is 9.97 Å². The summed E-state index contributed by atoms with van der Waals surface area (Å²) in [6.07, 6.45) is 0. The lowest BCUT2D eigenvalue weighted by Gasteiger charge is -2.10. The molecule has 0 radical (unpaired) electrons. The second-order valence-electron chi connectivity index (χ2n) is 5.23. The van der Waals surface area contributed by atoms with Gasteiger partial charge in [0.25, 0.3) is 5.91 Å². The fourth-order valence-corrected chi connectivity index (χ4v) is 1.76. The number of nitrogens with one attached hydrogen (secondary N) is 2. The van der Waals surface area contributed by atoms with E-state index in [1.54, 1.807) is 26.0 Å². The Bertz CT molecular complexity index is 653. The van der Waals surface area contributed by atoms with Crippen molar-refractivity contribution in [3.8, 4) is 0 Å². The van der Waals surface area contributed by atoms with Gasteiger partial charge in [0, 0.05) is 24.8 Å². The van der Waals surface area contributed by atoms with Crippen LogP contribution in [0.1, 0.15) is 21.9 Å². The Kier molecular flexibility index (Phi) is 5.05. The molecule has 0 aliphatic rings. The van der Waals surface area contributed by atoms with Crippen molar-refractivity contribution in [2.24, 2.45) is 0 Å². The third-order valence-electron chi connectivity index (χ3n) is 2.80. The van der Waals surface area contributed by atoms with Gasteiger partial charge in [-0.05, 0) is 34.0 Å². The van der Waals surface area contributed by atoms with Crippen molar-refractivity contribution in [2.75, 3.05) is 32.5 Å². The smallest absolute Gasteiger partial charge is 0.270 e. The molecule has 0 saturated heterocycles. The normalized spacial score (nSPS) is 10.8. The van der Waals surface area contributed by atoms with Crippen LogP contribution in [0.4, 0.5) is 11.8 Å². The van der Waals surface area contributed by atoms with Crippen LogP contribution in [0.2, 0.25) is 0 Å². The molecule has 1 amide bonds. The van der Waals surface area contributed by atoms with E-state index in [1.165, 1.54) is 0 Å². The van der Waals surface area contributed by atoms with Gasteiger partial charge in [-0.2, -0.15) is 0 Å². The SMILES string of the molecule is Cc1cc(C(=O)NCCN(C)C)nc(Nc2cc(C)on2)n1. The minimum Gasteiger partial charge on any atom is -0.360 e. The summed E-state index contributed by atoms with van der Waals surface area (Å²) in [6, 6.07) is 3.37. The molecule has 0 aliphatic heterocycles. The number of rotatable bonds is 6. The zero-order chi connectivity index (χ0) is 16.1. The van der Waals surface area contributed by atoms with E-state index in [1.807, 2.05) is 19.0 Å². The molecule has 0 spiro atoms. The van der Waals surface area contributed by atoms with Crippen LogP contribution in [-0.4, -0.2) is 53.1 Å². The second-order valence-corrected chi connectivity index (χ2v) is 5.23. The van der Waals surface area contributed by atoms with Crippen LogP contribution in [0.3, 0.4) is 0 Å². The summed E-state index contributed by atoms with van der Waals surface area (Å²) in [5.41, 5.74) is 1.00. The van der Waals surface area contributed by atoms with Crippen molar-refractivity contribution in [3.63, 3.8) is 0 Å². The molecule has 0 fully saturated rings. The molecule has 0 atom stereocenters. The molecule has 2 heterocycles. The number of aryl methyl sites for hydroxylation is 2. The molecule has 8 heteroatoms. The van der Waals surface area contributed by atoms with Gasteiger partial charge in [-0.1, -0.05) is 5.16 Å². The minimum atomic E-state index is -0.230. The van der Waals surface area contributed by atoms with Gasteiger partial charge in [0.1, 0.15) is 11.5 Å². The van der Waals surface area contributed by atoms with E-state index in [4.69, 9.17) is 4.52 Å². The second kappa shape index (κ2) is 6.99. The first-order valence-electron chi connectivity index (χ1n) is 6.93. The van der Waals surface area contributed by atoms with Crippen LogP contribution in [0, 0.1) is 13.8 Å². The molecular weight excluding hydrogens is 284 g/mol. The number of hydrogen-bond acceptors (Lipinski definition) is 7. The minimum absolute atomic E-state index is 0.230. The van der Waals surface area contributed by atoms with Crippen molar-refractivity contribution in [2.45, 2.75) is 13.8 Å². The van der Waals surface area contributed by atoms with Crippen molar-refractivity contribution in [1.29, 1.82) is 0 Å². The van der Waals surface area contributed by atoms with Crippen LogP contribution in [0.25, 0.3) is 0 Å².